The highest BCUT2D eigenvalue weighted by Gasteiger charge is 2.16. The smallest absolute Gasteiger partial charge is 0.408 e. The minimum Gasteiger partial charge on any atom is -0.408 e. The van der Waals surface area contributed by atoms with Crippen LogP contribution in [0.5, 0.6) is 0 Å². The molecular formula is C15H12N4O3S. The molecule has 0 aliphatic rings. The summed E-state index contributed by atoms with van der Waals surface area (Å²) in [5.41, 5.74) is 1.97. The molecule has 3 heterocycles. The highest BCUT2D eigenvalue weighted by Crippen LogP contribution is 2.25. The molecule has 4 rings (SSSR count). The Bertz CT molecular complexity index is 999. The van der Waals surface area contributed by atoms with Crippen LogP contribution in [0.3, 0.4) is 0 Å². The third-order valence-corrected chi connectivity index (χ3v) is 4.22. The summed E-state index contributed by atoms with van der Waals surface area (Å²) >= 11 is 1.56. The van der Waals surface area contributed by atoms with Gasteiger partial charge in [0.05, 0.1) is 10.4 Å². The summed E-state index contributed by atoms with van der Waals surface area (Å²) in [4.78, 5) is 19.2. The molecular weight excluding hydrogens is 316 g/mol. The Morgan fingerprint density at radius 1 is 1.35 bits per heavy atom. The van der Waals surface area contributed by atoms with E-state index >= 15 is 0 Å². The third-order valence-electron chi connectivity index (χ3n) is 3.36. The fraction of sp³-hybridized carbons (Fsp3) is 0.133. The maximum Gasteiger partial charge on any atom is 0.417 e. The van der Waals surface area contributed by atoms with Crippen LogP contribution < -0.4 is 11.1 Å². The number of hydrogen-bond acceptors (Lipinski definition) is 7. The summed E-state index contributed by atoms with van der Waals surface area (Å²) < 4.78 is 10.3. The van der Waals surface area contributed by atoms with Crippen LogP contribution in [0.4, 0.5) is 5.69 Å². The van der Waals surface area contributed by atoms with Gasteiger partial charge in [-0.15, -0.1) is 11.3 Å². The summed E-state index contributed by atoms with van der Waals surface area (Å²) in [7, 11) is 0. The number of aromatic amines is 1. The predicted octanol–water partition coefficient (Wildman–Crippen LogP) is 3.41. The molecule has 0 amide bonds. The summed E-state index contributed by atoms with van der Waals surface area (Å²) in [6.45, 7) is 1.92. The molecule has 0 fully saturated rings. The van der Waals surface area contributed by atoms with Gasteiger partial charge < -0.3 is 14.3 Å². The number of benzene rings is 1. The molecule has 0 bridgehead atoms. The van der Waals surface area contributed by atoms with Gasteiger partial charge >= 0.3 is 5.76 Å². The van der Waals surface area contributed by atoms with Gasteiger partial charge in [0.25, 0.3) is 0 Å². The van der Waals surface area contributed by atoms with E-state index in [0.29, 0.717) is 22.8 Å². The monoisotopic (exact) mass is 328 g/mol. The molecule has 2 N–H and O–H groups in total. The van der Waals surface area contributed by atoms with Crippen molar-refractivity contribution in [1.82, 2.24) is 15.1 Å². The largest absolute Gasteiger partial charge is 0.417 e. The Morgan fingerprint density at radius 2 is 2.26 bits per heavy atom. The Balaban J connectivity index is 1.56. The number of anilines is 1. The fourth-order valence-corrected chi connectivity index (χ4v) is 2.92. The van der Waals surface area contributed by atoms with Gasteiger partial charge in [0.15, 0.2) is 5.58 Å². The first-order chi connectivity index (χ1) is 11.2. The number of aromatic nitrogens is 3. The lowest BCUT2D eigenvalue weighted by atomic mass is 10.2. The molecule has 116 valence electrons. The van der Waals surface area contributed by atoms with Gasteiger partial charge in [-0.2, -0.15) is 4.98 Å². The normalized spacial score (nSPS) is 12.6. The number of nitrogens with zero attached hydrogens (tertiary/aromatic N) is 2. The Morgan fingerprint density at radius 3 is 3.09 bits per heavy atom. The molecule has 0 spiro atoms. The van der Waals surface area contributed by atoms with E-state index in [-0.39, 0.29) is 6.04 Å². The van der Waals surface area contributed by atoms with Crippen molar-refractivity contribution in [2.24, 2.45) is 0 Å². The van der Waals surface area contributed by atoms with Gasteiger partial charge in [-0.05, 0) is 36.6 Å². The van der Waals surface area contributed by atoms with Crippen LogP contribution in [0.1, 0.15) is 18.9 Å². The van der Waals surface area contributed by atoms with Gasteiger partial charge in [0.2, 0.25) is 11.7 Å². The Hall–Kier alpha value is -2.87. The van der Waals surface area contributed by atoms with Gasteiger partial charge in [-0.3, -0.25) is 4.98 Å². The van der Waals surface area contributed by atoms with Crippen molar-refractivity contribution >= 4 is 28.1 Å². The lowest BCUT2D eigenvalue weighted by Gasteiger charge is -2.10. The molecule has 0 radical (unpaired) electrons. The van der Waals surface area contributed by atoms with E-state index in [2.05, 4.69) is 20.4 Å². The summed E-state index contributed by atoms with van der Waals surface area (Å²) in [6, 6.07) is 9.07. The summed E-state index contributed by atoms with van der Waals surface area (Å²) in [5, 5.41) is 9.22. The lowest BCUT2D eigenvalue weighted by molar-refractivity contribution is 0.368. The zero-order valence-electron chi connectivity index (χ0n) is 12.1. The highest BCUT2D eigenvalue weighted by atomic mass is 32.1. The summed E-state index contributed by atoms with van der Waals surface area (Å²) in [6.07, 6.45) is 0. The van der Waals surface area contributed by atoms with Gasteiger partial charge in [-0.1, -0.05) is 11.2 Å². The third kappa shape index (κ3) is 2.64. The number of rotatable bonds is 4. The van der Waals surface area contributed by atoms with Crippen LogP contribution in [-0.2, 0) is 0 Å². The van der Waals surface area contributed by atoms with Crippen LogP contribution in [0, 0.1) is 0 Å². The molecule has 0 unspecified atom stereocenters. The van der Waals surface area contributed by atoms with E-state index in [4.69, 9.17) is 8.94 Å². The van der Waals surface area contributed by atoms with Crippen LogP contribution >= 0.6 is 11.3 Å². The molecule has 1 atom stereocenters. The molecule has 1 aromatic carbocycles. The molecule has 7 nitrogen and oxygen atoms in total. The van der Waals surface area contributed by atoms with Crippen LogP contribution in [0.25, 0.3) is 21.8 Å². The first kappa shape index (κ1) is 13.8. The molecule has 23 heavy (non-hydrogen) atoms. The fourth-order valence-electron chi connectivity index (χ4n) is 2.27. The van der Waals surface area contributed by atoms with Crippen molar-refractivity contribution < 1.29 is 8.94 Å². The van der Waals surface area contributed by atoms with Crippen LogP contribution in [-0.4, -0.2) is 15.1 Å². The average molecular weight is 328 g/mol. The second-order valence-electron chi connectivity index (χ2n) is 5.03. The lowest BCUT2D eigenvalue weighted by Crippen LogP contribution is -2.06. The summed E-state index contributed by atoms with van der Waals surface area (Å²) in [5.74, 6) is 0.607. The Kier molecular flexibility index (Phi) is 3.23. The molecule has 0 saturated carbocycles. The Labute approximate surface area is 134 Å². The predicted molar refractivity (Wildman–Crippen MR) is 86.5 cm³/mol. The number of H-pyrrole nitrogens is 1. The van der Waals surface area contributed by atoms with Crippen molar-refractivity contribution in [3.63, 3.8) is 0 Å². The number of hydrogen-bond donors (Lipinski definition) is 2. The standard InChI is InChI=1S/C15H12N4O3S/c1-8(14-18-13(19-22-14)12-3-2-6-23-12)16-9-4-5-11-10(7-9)17-15(20)21-11/h2-8,16H,1H3,(H,17,20)/t8-/m1/s1. The van der Waals surface area contributed by atoms with E-state index in [0.717, 1.165) is 10.6 Å². The van der Waals surface area contributed by atoms with Crippen molar-refractivity contribution in [2.45, 2.75) is 13.0 Å². The molecule has 8 heteroatoms. The number of thiophene rings is 1. The van der Waals surface area contributed by atoms with Crippen molar-refractivity contribution in [3.8, 4) is 10.7 Å². The SMILES string of the molecule is C[C@@H](Nc1ccc2oc(=O)[nH]c2c1)c1nc(-c2cccs2)no1. The van der Waals surface area contributed by atoms with Crippen LogP contribution in [0.2, 0.25) is 0 Å². The van der Waals surface area contributed by atoms with E-state index in [1.54, 1.807) is 23.5 Å². The zero-order chi connectivity index (χ0) is 15.8. The quantitative estimate of drug-likeness (QED) is 0.596. The maximum absolute atomic E-state index is 11.2. The number of nitrogens with one attached hydrogen (secondary N) is 2. The molecule has 4 aromatic rings. The van der Waals surface area contributed by atoms with E-state index in [9.17, 15) is 4.79 Å². The van der Waals surface area contributed by atoms with Crippen molar-refractivity contribution in [1.29, 1.82) is 0 Å². The second kappa shape index (κ2) is 5.40. The molecule has 0 saturated heterocycles. The number of oxazole rings is 1. The maximum atomic E-state index is 11.2. The first-order valence-corrected chi connectivity index (χ1v) is 7.84. The topological polar surface area (TPSA) is 97.0 Å². The van der Waals surface area contributed by atoms with E-state index < -0.39 is 5.76 Å². The van der Waals surface area contributed by atoms with Crippen LogP contribution in [0.15, 0.2) is 49.4 Å². The highest BCUT2D eigenvalue weighted by molar-refractivity contribution is 7.13. The van der Waals surface area contributed by atoms with E-state index in [1.165, 1.54) is 0 Å². The zero-order valence-corrected chi connectivity index (χ0v) is 12.9. The minimum absolute atomic E-state index is 0.174. The number of fused-ring (bicyclic) bond motifs is 1. The molecule has 0 aliphatic carbocycles. The molecule has 3 aromatic heterocycles. The first-order valence-electron chi connectivity index (χ1n) is 6.96. The van der Waals surface area contributed by atoms with Gasteiger partial charge in [0.1, 0.15) is 6.04 Å². The second-order valence-corrected chi connectivity index (χ2v) is 5.97. The molecule has 0 aliphatic heterocycles. The minimum atomic E-state index is -0.470. The van der Waals surface area contributed by atoms with Gasteiger partial charge in [0, 0.05) is 5.69 Å². The van der Waals surface area contributed by atoms with E-state index in [1.807, 2.05) is 30.5 Å². The van der Waals surface area contributed by atoms with Crippen molar-refractivity contribution in [2.75, 3.05) is 5.32 Å². The van der Waals surface area contributed by atoms with Gasteiger partial charge in [-0.25, -0.2) is 4.79 Å². The van der Waals surface area contributed by atoms with Crippen molar-refractivity contribution in [3.05, 3.63) is 52.2 Å². The average Bonchev–Trinajstić information content (AvgIpc) is 3.26.